The summed E-state index contributed by atoms with van der Waals surface area (Å²) in [5, 5.41) is 10.1. The Morgan fingerprint density at radius 3 is 2.88 bits per heavy atom. The van der Waals surface area contributed by atoms with Crippen molar-refractivity contribution in [3.05, 3.63) is 39.9 Å². The first-order chi connectivity index (χ1) is 11.5. The molecule has 0 saturated heterocycles. The van der Waals surface area contributed by atoms with Crippen molar-refractivity contribution in [1.29, 1.82) is 0 Å². The Hall–Kier alpha value is -2.90. The van der Waals surface area contributed by atoms with E-state index in [1.807, 2.05) is 39.0 Å². The molecule has 0 unspecified atom stereocenters. The van der Waals surface area contributed by atoms with Gasteiger partial charge in [-0.2, -0.15) is 15.2 Å². The van der Waals surface area contributed by atoms with Crippen LogP contribution in [0.1, 0.15) is 32.0 Å². The second-order valence-corrected chi connectivity index (χ2v) is 5.25. The van der Waals surface area contributed by atoms with E-state index in [0.29, 0.717) is 29.6 Å². The Bertz CT molecular complexity index is 771. The molecule has 0 fully saturated rings. The van der Waals surface area contributed by atoms with E-state index in [9.17, 15) is 4.79 Å². The Kier molecular flexibility index (Phi) is 5.89. The van der Waals surface area contributed by atoms with Crippen LogP contribution < -0.4 is 20.6 Å². The summed E-state index contributed by atoms with van der Waals surface area (Å²) >= 11 is 0. The molecule has 0 spiro atoms. The molecule has 0 bridgehead atoms. The zero-order chi connectivity index (χ0) is 17.5. The second-order valence-electron chi connectivity index (χ2n) is 5.25. The van der Waals surface area contributed by atoms with E-state index >= 15 is 0 Å². The van der Waals surface area contributed by atoms with Crippen molar-refractivity contribution >= 4 is 12.0 Å². The molecule has 128 valence electrons. The smallest absolute Gasteiger partial charge is 0.363 e. The molecule has 0 amide bonds. The molecule has 0 aliphatic heterocycles. The molecular weight excluding hydrogens is 310 g/mol. The number of aromatic amines is 1. The number of benzene rings is 1. The van der Waals surface area contributed by atoms with Gasteiger partial charge < -0.3 is 9.47 Å². The third-order valence-corrected chi connectivity index (χ3v) is 2.89. The lowest BCUT2D eigenvalue weighted by atomic mass is 10.2. The molecule has 8 nitrogen and oxygen atoms in total. The van der Waals surface area contributed by atoms with Crippen LogP contribution in [-0.2, 0) is 0 Å². The fraction of sp³-hybridized carbons (Fsp3) is 0.375. The third kappa shape index (κ3) is 4.80. The topological polar surface area (TPSA) is 101 Å². The second kappa shape index (κ2) is 8.09. The van der Waals surface area contributed by atoms with E-state index < -0.39 is 5.69 Å². The van der Waals surface area contributed by atoms with Gasteiger partial charge in [-0.15, -0.1) is 0 Å². The number of hydrogen-bond acceptors (Lipinski definition) is 7. The summed E-state index contributed by atoms with van der Waals surface area (Å²) < 4.78 is 11.3. The van der Waals surface area contributed by atoms with Gasteiger partial charge in [-0.3, -0.25) is 5.43 Å². The fourth-order valence-corrected chi connectivity index (χ4v) is 1.89. The molecule has 1 heterocycles. The summed E-state index contributed by atoms with van der Waals surface area (Å²) in [5.74, 6) is 1.65. The number of aromatic nitrogens is 3. The highest BCUT2D eigenvalue weighted by Gasteiger charge is 2.07. The number of ether oxygens (including phenoxy) is 2. The van der Waals surface area contributed by atoms with E-state index in [0.717, 1.165) is 5.56 Å². The Labute approximate surface area is 139 Å². The van der Waals surface area contributed by atoms with Crippen LogP contribution in [0.2, 0.25) is 0 Å². The van der Waals surface area contributed by atoms with E-state index in [1.165, 1.54) is 0 Å². The lowest BCUT2D eigenvalue weighted by Crippen LogP contribution is -2.15. The number of anilines is 1. The summed E-state index contributed by atoms with van der Waals surface area (Å²) in [5.41, 5.74) is 3.53. The zero-order valence-corrected chi connectivity index (χ0v) is 14.2. The van der Waals surface area contributed by atoms with Crippen LogP contribution in [0.3, 0.4) is 0 Å². The lowest BCUT2D eigenvalue weighted by Gasteiger charge is -2.14. The number of H-pyrrole nitrogens is 1. The Balaban J connectivity index is 2.15. The van der Waals surface area contributed by atoms with Crippen LogP contribution in [0.15, 0.2) is 28.1 Å². The maximum Gasteiger partial charge on any atom is 0.363 e. The maximum atomic E-state index is 11.2. The summed E-state index contributed by atoms with van der Waals surface area (Å²) in [6.07, 6.45) is 1.66. The summed E-state index contributed by atoms with van der Waals surface area (Å²) in [6, 6.07) is 5.54. The molecule has 1 aromatic carbocycles. The molecule has 24 heavy (non-hydrogen) atoms. The fourth-order valence-electron chi connectivity index (χ4n) is 1.89. The van der Waals surface area contributed by atoms with Gasteiger partial charge in [0, 0.05) is 0 Å². The third-order valence-electron chi connectivity index (χ3n) is 2.89. The number of nitrogens with one attached hydrogen (secondary N) is 2. The number of hydrogen-bond donors (Lipinski definition) is 2. The molecule has 2 N–H and O–H groups in total. The van der Waals surface area contributed by atoms with Gasteiger partial charge in [0.2, 0.25) is 0 Å². The molecule has 0 aliphatic carbocycles. The quantitative estimate of drug-likeness (QED) is 0.595. The Morgan fingerprint density at radius 2 is 2.17 bits per heavy atom. The van der Waals surface area contributed by atoms with Crippen molar-refractivity contribution in [3.8, 4) is 11.5 Å². The van der Waals surface area contributed by atoms with Gasteiger partial charge in [-0.25, -0.2) is 9.89 Å². The zero-order valence-electron chi connectivity index (χ0n) is 14.2. The number of aryl methyl sites for hydroxylation is 1. The molecule has 2 aromatic rings. The molecular formula is C16H21N5O3. The minimum atomic E-state index is -0.535. The molecule has 0 saturated carbocycles. The summed E-state index contributed by atoms with van der Waals surface area (Å²) in [4.78, 5) is 14.9. The monoisotopic (exact) mass is 331 g/mol. The highest BCUT2D eigenvalue weighted by Crippen LogP contribution is 2.28. The predicted octanol–water partition coefficient (Wildman–Crippen LogP) is 2.11. The summed E-state index contributed by atoms with van der Waals surface area (Å²) in [6.45, 7) is 8.08. The van der Waals surface area contributed by atoms with E-state index in [1.54, 1.807) is 13.1 Å². The van der Waals surface area contributed by atoms with Gasteiger partial charge in [0.25, 0.3) is 0 Å². The van der Waals surface area contributed by atoms with E-state index in [4.69, 9.17) is 9.47 Å². The van der Waals surface area contributed by atoms with Gasteiger partial charge in [0.05, 0.1) is 18.9 Å². The largest absolute Gasteiger partial charge is 0.490 e. The number of nitrogens with zero attached hydrogens (tertiary/aromatic N) is 3. The van der Waals surface area contributed by atoms with Crippen molar-refractivity contribution in [2.75, 3.05) is 12.0 Å². The molecule has 1 aromatic heterocycles. The highest BCUT2D eigenvalue weighted by atomic mass is 16.5. The normalized spacial score (nSPS) is 11.0. The van der Waals surface area contributed by atoms with Crippen molar-refractivity contribution in [3.63, 3.8) is 0 Å². The SMILES string of the molecule is CCOc1cc(/C=N/Nc2nc(=O)[nH]nc2C)ccc1OC(C)C. The van der Waals surface area contributed by atoms with Crippen molar-refractivity contribution in [2.24, 2.45) is 5.10 Å². The van der Waals surface area contributed by atoms with Gasteiger partial charge >= 0.3 is 5.69 Å². The molecule has 0 aliphatic rings. The first kappa shape index (κ1) is 17.5. The average molecular weight is 331 g/mol. The van der Waals surface area contributed by atoms with Crippen LogP contribution in [0.5, 0.6) is 11.5 Å². The molecule has 8 heteroatoms. The van der Waals surface area contributed by atoms with Crippen molar-refractivity contribution in [2.45, 2.75) is 33.8 Å². The minimum Gasteiger partial charge on any atom is -0.490 e. The molecule has 0 atom stereocenters. The van der Waals surface area contributed by atoms with Crippen molar-refractivity contribution < 1.29 is 9.47 Å². The van der Waals surface area contributed by atoms with Gasteiger partial charge in [-0.05, 0) is 51.5 Å². The first-order valence-electron chi connectivity index (χ1n) is 7.65. The highest BCUT2D eigenvalue weighted by molar-refractivity contribution is 5.81. The molecule has 2 rings (SSSR count). The van der Waals surface area contributed by atoms with Crippen LogP contribution in [-0.4, -0.2) is 34.1 Å². The number of rotatable bonds is 7. The van der Waals surface area contributed by atoms with Crippen LogP contribution >= 0.6 is 0 Å². The standard InChI is InChI=1S/C16H21N5O3/c1-5-23-14-8-12(6-7-13(14)24-10(2)3)9-17-20-15-11(4)19-21-16(22)18-15/h6-10H,5H2,1-4H3,(H2,18,20,21,22)/b17-9+. The minimum absolute atomic E-state index is 0.0584. The van der Waals surface area contributed by atoms with Crippen LogP contribution in [0.4, 0.5) is 5.82 Å². The lowest BCUT2D eigenvalue weighted by molar-refractivity contribution is 0.224. The maximum absolute atomic E-state index is 11.2. The summed E-state index contributed by atoms with van der Waals surface area (Å²) in [7, 11) is 0. The van der Waals surface area contributed by atoms with Gasteiger partial charge in [0.15, 0.2) is 17.3 Å². The van der Waals surface area contributed by atoms with Gasteiger partial charge in [-0.1, -0.05) is 0 Å². The first-order valence-corrected chi connectivity index (χ1v) is 7.65. The predicted molar refractivity (Wildman–Crippen MR) is 92.0 cm³/mol. The Morgan fingerprint density at radius 1 is 1.38 bits per heavy atom. The van der Waals surface area contributed by atoms with E-state index in [2.05, 4.69) is 25.7 Å². The van der Waals surface area contributed by atoms with Crippen molar-refractivity contribution in [1.82, 2.24) is 15.2 Å². The number of hydrazone groups is 1. The average Bonchev–Trinajstić information content (AvgIpc) is 2.53. The van der Waals surface area contributed by atoms with Crippen LogP contribution in [0.25, 0.3) is 0 Å². The van der Waals surface area contributed by atoms with Gasteiger partial charge in [0.1, 0.15) is 5.69 Å². The van der Waals surface area contributed by atoms with E-state index in [-0.39, 0.29) is 6.10 Å². The van der Waals surface area contributed by atoms with Crippen LogP contribution in [0, 0.1) is 6.92 Å². The molecule has 0 radical (unpaired) electrons.